The quantitative estimate of drug-likeness (QED) is 0.174. The lowest BCUT2D eigenvalue weighted by molar-refractivity contribution is 0.278. The fraction of sp³-hybridized carbons (Fsp3) is 0.613. The molecular formula is C31H49O5PS2. The van der Waals surface area contributed by atoms with E-state index in [2.05, 4.69) is 67.5 Å². The summed E-state index contributed by atoms with van der Waals surface area (Å²) in [5.74, 6) is 0.636. The molecule has 39 heavy (non-hydrogen) atoms. The van der Waals surface area contributed by atoms with Crippen LogP contribution in [0.15, 0.2) is 34.1 Å². The summed E-state index contributed by atoms with van der Waals surface area (Å²) in [5.41, 5.74) is 2.15. The van der Waals surface area contributed by atoms with E-state index in [4.69, 9.17) is 4.52 Å². The zero-order chi connectivity index (χ0) is 30.6. The third kappa shape index (κ3) is 9.19. The molecule has 0 aliphatic rings. The minimum Gasteiger partial charge on any atom is -0.507 e. The Kier molecular flexibility index (Phi) is 9.57. The number of phenolic OH excluding ortho intramolecular Hbond substituents is 1. The summed E-state index contributed by atoms with van der Waals surface area (Å²) in [6.07, 6.45) is 0. The third-order valence-corrected chi connectivity index (χ3v) is 9.16. The van der Waals surface area contributed by atoms with Gasteiger partial charge in [-0.1, -0.05) is 83.1 Å². The van der Waals surface area contributed by atoms with Crippen molar-refractivity contribution in [3.05, 3.63) is 46.5 Å². The number of phosphoric ester groups is 1. The van der Waals surface area contributed by atoms with E-state index >= 15 is 0 Å². The molecule has 0 fully saturated rings. The van der Waals surface area contributed by atoms with E-state index in [1.165, 1.54) is 0 Å². The Morgan fingerprint density at radius 3 is 1.13 bits per heavy atom. The van der Waals surface area contributed by atoms with Gasteiger partial charge >= 0.3 is 7.82 Å². The number of hydrogen-bond acceptors (Lipinski definition) is 5. The largest absolute Gasteiger partial charge is 0.524 e. The smallest absolute Gasteiger partial charge is 0.507 e. The summed E-state index contributed by atoms with van der Waals surface area (Å²) in [5, 5.41) is 11.2. The first-order valence-electron chi connectivity index (χ1n) is 13.3. The van der Waals surface area contributed by atoms with Crippen LogP contribution >= 0.6 is 31.3 Å². The second-order valence-corrected chi connectivity index (χ2v) is 19.7. The van der Waals surface area contributed by atoms with E-state index in [1.807, 2.05) is 53.7 Å². The highest BCUT2D eigenvalue weighted by Crippen LogP contribution is 2.52. The van der Waals surface area contributed by atoms with Crippen molar-refractivity contribution in [3.8, 4) is 11.5 Å². The predicted molar refractivity (Wildman–Crippen MR) is 168 cm³/mol. The van der Waals surface area contributed by atoms with E-state index in [0.29, 0.717) is 5.75 Å². The SMILES string of the molecule is CC(C)(Sc1cc(C(C)(C)C)c(O)c(C(C)(C)C)c1)Sc1cc(C(C)(C)C)c(OP(=O)(O)O)c(C(C)(C)C)c1. The average molecular weight is 597 g/mol. The monoisotopic (exact) mass is 596 g/mol. The number of benzene rings is 2. The van der Waals surface area contributed by atoms with Crippen LogP contribution in [0.4, 0.5) is 0 Å². The number of rotatable bonds is 6. The number of aromatic hydroxyl groups is 1. The summed E-state index contributed by atoms with van der Waals surface area (Å²) in [4.78, 5) is 21.5. The summed E-state index contributed by atoms with van der Waals surface area (Å²) < 4.78 is 17.0. The van der Waals surface area contributed by atoms with E-state index in [9.17, 15) is 19.5 Å². The number of hydrogen-bond donors (Lipinski definition) is 3. The zero-order valence-electron chi connectivity index (χ0n) is 26.2. The molecule has 0 heterocycles. The Morgan fingerprint density at radius 2 is 0.872 bits per heavy atom. The van der Waals surface area contributed by atoms with Crippen LogP contribution in [-0.2, 0) is 26.2 Å². The molecule has 0 saturated carbocycles. The van der Waals surface area contributed by atoms with Crippen molar-refractivity contribution < 1.29 is 24.0 Å². The Morgan fingerprint density at radius 1 is 0.590 bits per heavy atom. The molecule has 0 bridgehead atoms. The molecule has 5 nitrogen and oxygen atoms in total. The molecule has 0 aliphatic carbocycles. The van der Waals surface area contributed by atoms with Gasteiger partial charge in [0, 0.05) is 32.0 Å². The van der Waals surface area contributed by atoms with Gasteiger partial charge in [-0.25, -0.2) is 4.57 Å². The van der Waals surface area contributed by atoms with Gasteiger partial charge in [0.15, 0.2) is 0 Å². The highest BCUT2D eigenvalue weighted by atomic mass is 32.2. The molecule has 8 heteroatoms. The molecule has 0 aromatic heterocycles. The standard InChI is InChI=1S/C31H49O5PS2/c1-27(2,3)21-15-19(16-22(25(21)32)28(4,5)6)38-31(13,14)39-20-17-23(29(7,8)9)26(36-37(33,34)35)24(18-20)30(10,11)12/h15-18,32H,1-14H3,(H2,33,34,35). The van der Waals surface area contributed by atoms with Crippen LogP contribution in [0.2, 0.25) is 0 Å². The van der Waals surface area contributed by atoms with Gasteiger partial charge in [0.05, 0.1) is 4.08 Å². The Balaban J connectivity index is 2.66. The predicted octanol–water partition coefficient (Wildman–Crippen LogP) is 9.67. The maximum Gasteiger partial charge on any atom is 0.524 e. The van der Waals surface area contributed by atoms with Crippen molar-refractivity contribution in [3.63, 3.8) is 0 Å². The molecule has 0 aliphatic heterocycles. The maximum atomic E-state index is 11.9. The Bertz CT molecular complexity index is 1180. The number of phenols is 1. The van der Waals surface area contributed by atoms with Crippen LogP contribution in [0.5, 0.6) is 11.5 Å². The molecule has 220 valence electrons. The van der Waals surface area contributed by atoms with Crippen molar-refractivity contribution in [2.45, 2.75) is 132 Å². The van der Waals surface area contributed by atoms with Gasteiger partial charge in [0.25, 0.3) is 0 Å². The molecule has 0 spiro atoms. The summed E-state index contributed by atoms with van der Waals surface area (Å²) in [6, 6.07) is 8.22. The normalized spacial score (nSPS) is 14.1. The maximum absolute atomic E-state index is 11.9. The second-order valence-electron chi connectivity index (χ2n) is 14.9. The van der Waals surface area contributed by atoms with Gasteiger partial charge in [-0.15, -0.1) is 23.5 Å². The van der Waals surface area contributed by atoms with Crippen LogP contribution in [0, 0.1) is 0 Å². The van der Waals surface area contributed by atoms with Crippen molar-refractivity contribution in [1.29, 1.82) is 0 Å². The molecule has 0 amide bonds. The first-order valence-corrected chi connectivity index (χ1v) is 16.5. The molecule has 0 saturated heterocycles. The molecule has 2 aromatic carbocycles. The zero-order valence-corrected chi connectivity index (χ0v) is 28.8. The van der Waals surface area contributed by atoms with Crippen molar-refractivity contribution in [1.82, 2.24) is 0 Å². The summed E-state index contributed by atoms with van der Waals surface area (Å²) in [7, 11) is -4.76. The molecular weight excluding hydrogens is 547 g/mol. The lowest BCUT2D eigenvalue weighted by Crippen LogP contribution is -2.20. The van der Waals surface area contributed by atoms with E-state index < -0.39 is 18.7 Å². The lowest BCUT2D eigenvalue weighted by Gasteiger charge is -2.32. The highest BCUT2D eigenvalue weighted by Gasteiger charge is 2.34. The first kappa shape index (κ1) is 34.1. The molecule has 2 rings (SSSR count). The van der Waals surface area contributed by atoms with Crippen LogP contribution in [0.3, 0.4) is 0 Å². The van der Waals surface area contributed by atoms with Gasteiger partial charge in [0.1, 0.15) is 11.5 Å². The van der Waals surface area contributed by atoms with Crippen LogP contribution in [0.1, 0.15) is 119 Å². The van der Waals surface area contributed by atoms with Gasteiger partial charge in [-0.3, -0.25) is 9.79 Å². The minimum absolute atomic E-state index is 0.212. The topological polar surface area (TPSA) is 87.0 Å². The van der Waals surface area contributed by atoms with Gasteiger partial charge in [0.2, 0.25) is 0 Å². The van der Waals surface area contributed by atoms with Crippen molar-refractivity contribution >= 4 is 31.3 Å². The van der Waals surface area contributed by atoms with Gasteiger partial charge < -0.3 is 9.63 Å². The number of thioether (sulfide) groups is 2. The van der Waals surface area contributed by atoms with E-state index in [-0.39, 0.29) is 20.7 Å². The summed E-state index contributed by atoms with van der Waals surface area (Å²) in [6.45, 7) is 29.2. The highest BCUT2D eigenvalue weighted by molar-refractivity contribution is 8.18. The number of phosphoric acid groups is 1. The molecule has 0 unspecified atom stereocenters. The Labute approximate surface area is 245 Å². The molecule has 3 N–H and O–H groups in total. The van der Waals surface area contributed by atoms with E-state index in [1.54, 1.807) is 23.5 Å². The lowest BCUT2D eigenvalue weighted by atomic mass is 9.79. The first-order chi connectivity index (χ1) is 17.1. The van der Waals surface area contributed by atoms with E-state index in [0.717, 1.165) is 32.0 Å². The molecule has 2 aromatic rings. The Hall–Kier alpha value is -1.11. The van der Waals surface area contributed by atoms with Crippen LogP contribution in [-0.4, -0.2) is 19.0 Å². The fourth-order valence-electron chi connectivity index (χ4n) is 4.39. The van der Waals surface area contributed by atoms with Gasteiger partial charge in [-0.2, -0.15) is 0 Å². The van der Waals surface area contributed by atoms with Crippen LogP contribution in [0.25, 0.3) is 0 Å². The van der Waals surface area contributed by atoms with Gasteiger partial charge in [-0.05, 0) is 59.8 Å². The molecule has 0 atom stereocenters. The third-order valence-electron chi connectivity index (χ3n) is 6.32. The minimum atomic E-state index is -4.76. The van der Waals surface area contributed by atoms with Crippen LogP contribution < -0.4 is 4.52 Å². The van der Waals surface area contributed by atoms with Crippen molar-refractivity contribution in [2.75, 3.05) is 0 Å². The molecule has 0 radical (unpaired) electrons. The average Bonchev–Trinajstić information content (AvgIpc) is 2.65. The summed E-state index contributed by atoms with van der Waals surface area (Å²) >= 11 is 3.46. The van der Waals surface area contributed by atoms with Crippen molar-refractivity contribution in [2.24, 2.45) is 0 Å². The fourth-order valence-corrected chi connectivity index (χ4v) is 7.41. The second kappa shape index (κ2) is 10.9.